The van der Waals surface area contributed by atoms with Crippen LogP contribution in [-0.2, 0) is 36.3 Å². The van der Waals surface area contributed by atoms with Gasteiger partial charge in [0.15, 0.2) is 0 Å². The maximum Gasteiger partial charge on any atom is 0.328 e. The number of halogens is 1. The van der Waals surface area contributed by atoms with Gasteiger partial charge >= 0.3 is 5.97 Å². The molecule has 2 aromatic rings. The average molecular weight is 449 g/mol. The van der Waals surface area contributed by atoms with Crippen LogP contribution < -0.4 is 10.6 Å². The van der Waals surface area contributed by atoms with E-state index in [2.05, 4.69) is 10.6 Å². The first-order chi connectivity index (χ1) is 14.8. The van der Waals surface area contributed by atoms with Gasteiger partial charge in [-0.2, -0.15) is 0 Å². The number of amides is 2. The second-order valence-electron chi connectivity index (χ2n) is 6.82. The number of rotatable bonds is 10. The molecule has 31 heavy (non-hydrogen) atoms. The summed E-state index contributed by atoms with van der Waals surface area (Å²) in [6, 6.07) is 12.4. The third-order valence-corrected chi connectivity index (χ3v) is 5.83. The Kier molecular flexibility index (Phi) is 9.33. The Labute approximate surface area is 182 Å². The number of hydrogen-bond donors (Lipinski definition) is 2. The molecule has 0 spiro atoms. The summed E-state index contributed by atoms with van der Waals surface area (Å²) < 4.78 is 30.7. The molecule has 2 rings (SSSR count). The molecule has 0 fully saturated rings. The summed E-state index contributed by atoms with van der Waals surface area (Å²) in [5.74, 6) is -2.10. The highest BCUT2D eigenvalue weighted by Gasteiger charge is 2.27. The van der Waals surface area contributed by atoms with Crippen molar-refractivity contribution in [2.24, 2.45) is 0 Å². The summed E-state index contributed by atoms with van der Waals surface area (Å²) in [4.78, 5) is 37.2. The summed E-state index contributed by atoms with van der Waals surface area (Å²) in [7, 11) is -0.174. The molecule has 0 aliphatic carbocycles. The van der Waals surface area contributed by atoms with E-state index in [1.54, 1.807) is 36.4 Å². The van der Waals surface area contributed by atoms with Crippen molar-refractivity contribution in [3.63, 3.8) is 0 Å². The minimum Gasteiger partial charge on any atom is -0.467 e. The van der Waals surface area contributed by atoms with Gasteiger partial charge in [0.25, 0.3) is 0 Å². The van der Waals surface area contributed by atoms with E-state index in [-0.39, 0.29) is 18.6 Å². The molecular formula is C22H25FN2O5S. The molecule has 0 unspecified atom stereocenters. The zero-order chi connectivity index (χ0) is 22.8. The van der Waals surface area contributed by atoms with Crippen LogP contribution in [0.5, 0.6) is 0 Å². The van der Waals surface area contributed by atoms with Gasteiger partial charge in [-0.25, -0.2) is 9.18 Å². The van der Waals surface area contributed by atoms with E-state index in [0.717, 1.165) is 0 Å². The predicted molar refractivity (Wildman–Crippen MR) is 114 cm³/mol. The molecule has 0 bridgehead atoms. The van der Waals surface area contributed by atoms with Gasteiger partial charge in [0.2, 0.25) is 11.8 Å². The molecule has 0 aliphatic heterocycles. The third kappa shape index (κ3) is 7.93. The van der Waals surface area contributed by atoms with Crippen LogP contribution in [0.3, 0.4) is 0 Å². The van der Waals surface area contributed by atoms with Crippen molar-refractivity contribution >= 4 is 28.6 Å². The van der Waals surface area contributed by atoms with Crippen molar-refractivity contribution < 1.29 is 27.7 Å². The molecule has 0 heterocycles. The maximum absolute atomic E-state index is 13.5. The first kappa shape index (κ1) is 24.2. The second-order valence-corrected chi connectivity index (χ2v) is 8.39. The average Bonchev–Trinajstić information content (AvgIpc) is 2.75. The number of ether oxygens (including phenoxy) is 1. The fourth-order valence-corrected chi connectivity index (χ4v) is 4.08. The second kappa shape index (κ2) is 11.9. The standard InChI is InChI=1S/C22H25FN2O5S/c1-15(26)24-20(14-16-7-6-8-17(23)13-16)21(27)25-19(22(28)30-2)11-12-31(29)18-9-4-3-5-10-18/h3-10,13,19-20H,11-12,14H2,1-2H3,(H,24,26)(H,25,27)/t19-,20+,31+/m1/s1. The SMILES string of the molecule is COC(=O)[C@@H](CC[S@](=O)c1ccccc1)NC(=O)[C@H](Cc1cccc(F)c1)NC(C)=O. The number of methoxy groups -OCH3 is 1. The van der Waals surface area contributed by atoms with Gasteiger partial charge in [0.1, 0.15) is 17.9 Å². The first-order valence-electron chi connectivity index (χ1n) is 9.63. The van der Waals surface area contributed by atoms with E-state index in [9.17, 15) is 23.0 Å². The van der Waals surface area contributed by atoms with Crippen LogP contribution in [0.1, 0.15) is 18.9 Å². The number of hydrogen-bond acceptors (Lipinski definition) is 5. The molecule has 2 amide bonds. The molecular weight excluding hydrogens is 423 g/mol. The molecule has 0 saturated carbocycles. The third-order valence-electron chi connectivity index (χ3n) is 4.42. The minimum absolute atomic E-state index is 0.0347. The Balaban J connectivity index is 2.08. The molecule has 7 nitrogen and oxygen atoms in total. The van der Waals surface area contributed by atoms with Crippen LogP contribution in [0.25, 0.3) is 0 Å². The molecule has 2 N–H and O–H groups in total. The number of nitrogens with one attached hydrogen (secondary N) is 2. The highest BCUT2D eigenvalue weighted by atomic mass is 32.2. The van der Waals surface area contributed by atoms with Gasteiger partial charge in [-0.1, -0.05) is 30.3 Å². The highest BCUT2D eigenvalue weighted by molar-refractivity contribution is 7.85. The van der Waals surface area contributed by atoms with Crippen LogP contribution in [0, 0.1) is 5.82 Å². The fourth-order valence-electron chi connectivity index (χ4n) is 2.93. The Morgan fingerprint density at radius 3 is 2.35 bits per heavy atom. The summed E-state index contributed by atoms with van der Waals surface area (Å²) >= 11 is 0. The summed E-state index contributed by atoms with van der Waals surface area (Å²) in [5.41, 5.74) is 0.508. The molecule has 166 valence electrons. The number of carbonyl (C=O) groups is 3. The lowest BCUT2D eigenvalue weighted by Gasteiger charge is -2.22. The molecule has 9 heteroatoms. The highest BCUT2D eigenvalue weighted by Crippen LogP contribution is 2.10. The van der Waals surface area contributed by atoms with Crippen LogP contribution in [-0.4, -0.2) is 46.9 Å². The van der Waals surface area contributed by atoms with Crippen molar-refractivity contribution in [3.05, 3.63) is 66.0 Å². The Morgan fingerprint density at radius 2 is 1.74 bits per heavy atom. The first-order valence-corrected chi connectivity index (χ1v) is 10.9. The van der Waals surface area contributed by atoms with Crippen molar-refractivity contribution in [2.45, 2.75) is 36.7 Å². The molecule has 2 aromatic carbocycles. The van der Waals surface area contributed by atoms with Gasteiger partial charge < -0.3 is 15.4 Å². The zero-order valence-electron chi connectivity index (χ0n) is 17.3. The number of benzene rings is 2. The topological polar surface area (TPSA) is 102 Å². The summed E-state index contributed by atoms with van der Waals surface area (Å²) in [5, 5.41) is 5.07. The van der Waals surface area contributed by atoms with E-state index in [4.69, 9.17) is 4.74 Å². The summed E-state index contributed by atoms with van der Waals surface area (Å²) in [6.07, 6.45) is 0.111. The van der Waals surface area contributed by atoms with Crippen molar-refractivity contribution in [3.8, 4) is 0 Å². The quantitative estimate of drug-likeness (QED) is 0.539. The molecule has 0 aliphatic rings. The van der Waals surface area contributed by atoms with Gasteiger partial charge in [-0.15, -0.1) is 0 Å². The lowest BCUT2D eigenvalue weighted by Crippen LogP contribution is -2.52. The van der Waals surface area contributed by atoms with Crippen LogP contribution in [0.2, 0.25) is 0 Å². The summed E-state index contributed by atoms with van der Waals surface area (Å²) in [6.45, 7) is 1.26. The van der Waals surface area contributed by atoms with E-state index < -0.39 is 46.5 Å². The Bertz CT molecular complexity index is 939. The molecule has 0 saturated heterocycles. The van der Waals surface area contributed by atoms with Crippen LogP contribution >= 0.6 is 0 Å². The minimum atomic E-state index is -1.36. The predicted octanol–water partition coefficient (Wildman–Crippen LogP) is 1.73. The lowest BCUT2D eigenvalue weighted by molar-refractivity contribution is -0.145. The Morgan fingerprint density at radius 1 is 1.03 bits per heavy atom. The molecule has 0 radical (unpaired) electrons. The maximum atomic E-state index is 13.5. The van der Waals surface area contributed by atoms with Gasteiger partial charge in [-0.3, -0.25) is 13.8 Å². The largest absolute Gasteiger partial charge is 0.467 e. The molecule has 0 aromatic heterocycles. The van der Waals surface area contributed by atoms with E-state index in [1.807, 2.05) is 0 Å². The normalized spacial score (nSPS) is 13.5. The van der Waals surface area contributed by atoms with Gasteiger partial charge in [0.05, 0.1) is 17.9 Å². The van der Waals surface area contributed by atoms with Crippen LogP contribution in [0.4, 0.5) is 4.39 Å². The molecule has 3 atom stereocenters. The van der Waals surface area contributed by atoms with E-state index in [0.29, 0.717) is 10.5 Å². The van der Waals surface area contributed by atoms with Crippen LogP contribution in [0.15, 0.2) is 59.5 Å². The zero-order valence-corrected chi connectivity index (χ0v) is 18.1. The number of esters is 1. The smallest absolute Gasteiger partial charge is 0.328 e. The van der Waals surface area contributed by atoms with Crippen molar-refractivity contribution in [1.82, 2.24) is 10.6 Å². The van der Waals surface area contributed by atoms with Gasteiger partial charge in [-0.05, 0) is 36.2 Å². The van der Waals surface area contributed by atoms with E-state index >= 15 is 0 Å². The van der Waals surface area contributed by atoms with Crippen molar-refractivity contribution in [1.29, 1.82) is 0 Å². The lowest BCUT2D eigenvalue weighted by atomic mass is 10.0. The Hall–Kier alpha value is -3.07. The van der Waals surface area contributed by atoms with Gasteiger partial charge in [0, 0.05) is 24.0 Å². The van der Waals surface area contributed by atoms with E-state index in [1.165, 1.54) is 32.2 Å². The number of carbonyl (C=O) groups excluding carboxylic acids is 3. The monoisotopic (exact) mass is 448 g/mol. The van der Waals surface area contributed by atoms with Crippen molar-refractivity contribution in [2.75, 3.05) is 12.9 Å². The fraction of sp³-hybridized carbons (Fsp3) is 0.318.